The number of aromatic nitrogens is 1. The number of fused-ring (bicyclic) bond motifs is 1. The molecular formula is C24H28N4O3. The van der Waals surface area contributed by atoms with E-state index in [9.17, 15) is 4.79 Å². The molecular weight excluding hydrogens is 392 g/mol. The molecule has 0 saturated carbocycles. The van der Waals surface area contributed by atoms with Gasteiger partial charge in [-0.15, -0.1) is 0 Å². The molecule has 0 aliphatic carbocycles. The van der Waals surface area contributed by atoms with Crippen LogP contribution < -0.4 is 10.2 Å². The topological polar surface area (TPSA) is 70.8 Å². The van der Waals surface area contributed by atoms with Gasteiger partial charge in [0.2, 0.25) is 0 Å². The first-order valence-electron chi connectivity index (χ1n) is 11.1. The molecule has 0 bridgehead atoms. The molecule has 7 nitrogen and oxygen atoms in total. The fourth-order valence-corrected chi connectivity index (χ4v) is 4.47. The summed E-state index contributed by atoms with van der Waals surface area (Å²) in [6.07, 6.45) is 3.58. The van der Waals surface area contributed by atoms with Crippen molar-refractivity contribution in [3.8, 4) is 0 Å². The monoisotopic (exact) mass is 420 g/mol. The normalized spacial score (nSPS) is 19.7. The zero-order chi connectivity index (χ0) is 21.0. The van der Waals surface area contributed by atoms with E-state index in [1.165, 1.54) is 5.56 Å². The number of morpholine rings is 1. The van der Waals surface area contributed by atoms with Crippen molar-refractivity contribution in [3.05, 3.63) is 60.1 Å². The number of amides is 1. The predicted molar refractivity (Wildman–Crippen MR) is 119 cm³/mol. The van der Waals surface area contributed by atoms with Crippen LogP contribution in [-0.4, -0.2) is 61.2 Å². The highest BCUT2D eigenvalue weighted by Gasteiger charge is 2.26. The molecule has 3 aromatic rings. The Kier molecular flexibility index (Phi) is 5.86. The van der Waals surface area contributed by atoms with Gasteiger partial charge in [0, 0.05) is 49.7 Å². The third kappa shape index (κ3) is 4.43. The molecule has 4 heterocycles. The molecule has 5 rings (SSSR count). The van der Waals surface area contributed by atoms with E-state index in [1.807, 2.05) is 11.0 Å². The van der Waals surface area contributed by atoms with Crippen molar-refractivity contribution >= 4 is 22.6 Å². The first-order chi connectivity index (χ1) is 15.3. The van der Waals surface area contributed by atoms with Crippen molar-refractivity contribution in [1.29, 1.82) is 0 Å². The lowest BCUT2D eigenvalue weighted by Crippen LogP contribution is -2.47. The van der Waals surface area contributed by atoms with Gasteiger partial charge in [0.05, 0.1) is 25.0 Å². The van der Waals surface area contributed by atoms with Crippen molar-refractivity contribution in [2.24, 2.45) is 0 Å². The van der Waals surface area contributed by atoms with Crippen LogP contribution in [-0.2, 0) is 11.3 Å². The summed E-state index contributed by atoms with van der Waals surface area (Å²) < 4.78 is 10.8. The average molecular weight is 421 g/mol. The zero-order valence-electron chi connectivity index (χ0n) is 17.6. The molecule has 2 aromatic heterocycles. The van der Waals surface area contributed by atoms with Gasteiger partial charge in [-0.1, -0.05) is 18.2 Å². The Morgan fingerprint density at radius 3 is 2.84 bits per heavy atom. The van der Waals surface area contributed by atoms with Gasteiger partial charge in [-0.2, -0.15) is 0 Å². The molecule has 162 valence electrons. The maximum Gasteiger partial charge on any atom is 0.289 e. The van der Waals surface area contributed by atoms with Gasteiger partial charge in [-0.05, 0) is 37.1 Å². The Labute approximate surface area is 182 Å². The van der Waals surface area contributed by atoms with Crippen molar-refractivity contribution in [3.63, 3.8) is 0 Å². The highest BCUT2D eigenvalue weighted by atomic mass is 16.5. The molecule has 7 heteroatoms. The maximum absolute atomic E-state index is 12.7. The number of rotatable bonds is 5. The van der Waals surface area contributed by atoms with Crippen molar-refractivity contribution < 1.29 is 13.9 Å². The number of piperidine rings is 1. The van der Waals surface area contributed by atoms with Crippen molar-refractivity contribution in [2.45, 2.75) is 25.4 Å². The molecule has 1 atom stereocenters. The van der Waals surface area contributed by atoms with Crippen molar-refractivity contribution in [1.82, 2.24) is 15.2 Å². The first-order valence-corrected chi connectivity index (χ1v) is 11.1. The summed E-state index contributed by atoms with van der Waals surface area (Å²) in [5.74, 6) is 1.42. The number of furan rings is 1. The Morgan fingerprint density at radius 2 is 2.00 bits per heavy atom. The standard InChI is InChI=1S/C24H28N4O3/c29-24(22-8-4-12-31-22)28-9-3-6-20(17-28)25-16-19-15-18-5-1-2-7-21(18)26-23(19)27-10-13-30-14-11-27/h1-2,4-5,7-8,12,15,20,25H,3,6,9-11,13-14,16-17H2. The number of nitrogens with one attached hydrogen (secondary N) is 1. The molecule has 0 radical (unpaired) electrons. The number of pyridine rings is 1. The van der Waals surface area contributed by atoms with E-state index in [2.05, 4.69) is 34.5 Å². The fraction of sp³-hybridized carbons (Fsp3) is 0.417. The highest BCUT2D eigenvalue weighted by molar-refractivity contribution is 5.91. The number of hydrogen-bond acceptors (Lipinski definition) is 6. The number of hydrogen-bond donors (Lipinski definition) is 1. The Bertz CT molecular complexity index is 1030. The van der Waals surface area contributed by atoms with E-state index in [-0.39, 0.29) is 11.9 Å². The van der Waals surface area contributed by atoms with E-state index in [0.717, 1.165) is 69.0 Å². The summed E-state index contributed by atoms with van der Waals surface area (Å²) in [5, 5.41) is 4.84. The molecule has 1 aromatic carbocycles. The van der Waals surface area contributed by atoms with Crippen LogP contribution in [0.5, 0.6) is 0 Å². The smallest absolute Gasteiger partial charge is 0.289 e. The number of anilines is 1. The van der Waals surface area contributed by atoms with Crippen LogP contribution in [0.3, 0.4) is 0 Å². The summed E-state index contributed by atoms with van der Waals surface area (Å²) in [6, 6.07) is 14.2. The molecule has 1 unspecified atom stereocenters. The maximum atomic E-state index is 12.7. The fourth-order valence-electron chi connectivity index (χ4n) is 4.47. The molecule has 0 spiro atoms. The minimum Gasteiger partial charge on any atom is -0.459 e. The lowest BCUT2D eigenvalue weighted by Gasteiger charge is -2.33. The van der Waals surface area contributed by atoms with Crippen LogP contribution in [0.4, 0.5) is 5.82 Å². The van der Waals surface area contributed by atoms with Crippen LogP contribution in [0.15, 0.2) is 53.1 Å². The Morgan fingerprint density at radius 1 is 1.13 bits per heavy atom. The third-order valence-corrected chi connectivity index (χ3v) is 6.11. The van der Waals surface area contributed by atoms with E-state index < -0.39 is 0 Å². The SMILES string of the molecule is O=C(c1ccco1)N1CCCC(NCc2cc3ccccc3nc2N2CCOCC2)C1. The molecule has 2 fully saturated rings. The predicted octanol–water partition coefficient (Wildman–Crippen LogP) is 3.06. The summed E-state index contributed by atoms with van der Waals surface area (Å²) in [7, 11) is 0. The second-order valence-corrected chi connectivity index (χ2v) is 8.21. The summed E-state index contributed by atoms with van der Waals surface area (Å²) in [5.41, 5.74) is 2.20. The van der Waals surface area contributed by atoms with Gasteiger partial charge in [0.15, 0.2) is 5.76 Å². The van der Waals surface area contributed by atoms with E-state index in [1.54, 1.807) is 18.4 Å². The molecule has 1 N–H and O–H groups in total. The summed E-state index contributed by atoms with van der Waals surface area (Å²) in [6.45, 7) is 5.35. The zero-order valence-corrected chi connectivity index (χ0v) is 17.6. The largest absolute Gasteiger partial charge is 0.459 e. The minimum absolute atomic E-state index is 0.0297. The third-order valence-electron chi connectivity index (χ3n) is 6.11. The molecule has 31 heavy (non-hydrogen) atoms. The van der Waals surface area contributed by atoms with Crippen LogP contribution in [0, 0.1) is 0 Å². The second-order valence-electron chi connectivity index (χ2n) is 8.21. The quantitative estimate of drug-likeness (QED) is 0.684. The average Bonchev–Trinajstić information content (AvgIpc) is 3.37. The van der Waals surface area contributed by atoms with Crippen LogP contribution in [0.25, 0.3) is 10.9 Å². The summed E-state index contributed by atoms with van der Waals surface area (Å²) in [4.78, 5) is 21.9. The number of nitrogens with zero attached hydrogens (tertiary/aromatic N) is 3. The van der Waals surface area contributed by atoms with Gasteiger partial charge in [0.1, 0.15) is 5.82 Å². The lowest BCUT2D eigenvalue weighted by molar-refractivity contribution is 0.0662. The van der Waals surface area contributed by atoms with E-state index >= 15 is 0 Å². The van der Waals surface area contributed by atoms with Crippen LogP contribution >= 0.6 is 0 Å². The van der Waals surface area contributed by atoms with Gasteiger partial charge in [-0.3, -0.25) is 4.79 Å². The van der Waals surface area contributed by atoms with Gasteiger partial charge < -0.3 is 24.3 Å². The lowest BCUT2D eigenvalue weighted by atomic mass is 10.0. The Balaban J connectivity index is 1.32. The second kappa shape index (κ2) is 9.08. The number of carbonyl (C=O) groups is 1. The highest BCUT2D eigenvalue weighted by Crippen LogP contribution is 2.25. The number of ether oxygens (including phenoxy) is 1. The van der Waals surface area contributed by atoms with E-state index in [0.29, 0.717) is 12.3 Å². The Hall–Kier alpha value is -2.90. The minimum atomic E-state index is -0.0297. The first kappa shape index (κ1) is 20.0. The van der Waals surface area contributed by atoms with Crippen LogP contribution in [0.1, 0.15) is 29.0 Å². The number of benzene rings is 1. The number of carbonyl (C=O) groups excluding carboxylic acids is 1. The van der Waals surface area contributed by atoms with Gasteiger partial charge in [-0.25, -0.2) is 4.98 Å². The van der Waals surface area contributed by atoms with Crippen LogP contribution in [0.2, 0.25) is 0 Å². The van der Waals surface area contributed by atoms with Gasteiger partial charge in [0.25, 0.3) is 5.91 Å². The van der Waals surface area contributed by atoms with E-state index in [4.69, 9.17) is 14.1 Å². The number of para-hydroxylation sites is 1. The number of likely N-dealkylation sites (tertiary alicyclic amines) is 1. The molecule has 2 aliphatic rings. The van der Waals surface area contributed by atoms with Gasteiger partial charge >= 0.3 is 0 Å². The molecule has 2 saturated heterocycles. The summed E-state index contributed by atoms with van der Waals surface area (Å²) >= 11 is 0. The van der Waals surface area contributed by atoms with Crippen molar-refractivity contribution in [2.75, 3.05) is 44.3 Å². The molecule has 1 amide bonds. The molecule has 2 aliphatic heterocycles.